The fourth-order valence-electron chi connectivity index (χ4n) is 7.79. The first-order chi connectivity index (χ1) is 13.3. The van der Waals surface area contributed by atoms with Crippen molar-refractivity contribution >= 4 is 23.3 Å². The number of Topliss-reactive ketones (excluding diaryl/α,β-unsaturated/α-hetero) is 1. The van der Waals surface area contributed by atoms with Crippen LogP contribution in [-0.4, -0.2) is 23.6 Å². The molecule has 4 aliphatic rings. The van der Waals surface area contributed by atoms with Crippen molar-refractivity contribution in [1.82, 2.24) is 0 Å². The van der Waals surface area contributed by atoms with E-state index < -0.39 is 0 Å². The molecular weight excluding hydrogens is 364 g/mol. The van der Waals surface area contributed by atoms with Crippen LogP contribution in [0.4, 0.5) is 0 Å². The van der Waals surface area contributed by atoms with E-state index in [0.717, 1.165) is 25.0 Å². The fraction of sp³-hybridized carbons (Fsp3) is 0.760. The van der Waals surface area contributed by atoms with E-state index in [1.165, 1.54) is 31.3 Å². The molecule has 0 N–H and O–H groups in total. The monoisotopic (exact) mass is 400 g/mol. The van der Waals surface area contributed by atoms with Crippen molar-refractivity contribution < 1.29 is 9.59 Å². The maximum Gasteiger partial charge on any atom is 0.178 e. The van der Waals surface area contributed by atoms with Gasteiger partial charge in [-0.25, -0.2) is 0 Å². The van der Waals surface area contributed by atoms with E-state index in [9.17, 15) is 9.59 Å². The van der Waals surface area contributed by atoms with Gasteiger partial charge in [0.2, 0.25) is 0 Å². The zero-order valence-corrected chi connectivity index (χ0v) is 18.8. The first kappa shape index (κ1) is 20.4. The van der Waals surface area contributed by atoms with Crippen LogP contribution in [-0.2, 0) is 9.59 Å². The average Bonchev–Trinajstić information content (AvgIpc) is 2.92. The number of fused-ring (bicyclic) bond motifs is 5. The molecule has 0 bridgehead atoms. The summed E-state index contributed by atoms with van der Waals surface area (Å²) in [6, 6.07) is 0. The standard InChI is InChI=1S/C25H36O2S/c1-16-14-21-19-8-7-17-15-18(26)9-11-24(17,2)20(19)10-12-25(21,3)23(16)22(27)6-5-13-28-4/h9,11,15-16,19-21,23H,5-8,10,12-14H2,1-4H3/t16-,19?,20?,21?,23-,24+,25+/m1/s1. The number of hydrogen-bond donors (Lipinski definition) is 0. The average molecular weight is 401 g/mol. The molecule has 4 aliphatic carbocycles. The topological polar surface area (TPSA) is 34.1 Å². The lowest BCUT2D eigenvalue weighted by molar-refractivity contribution is -0.130. The molecule has 3 unspecified atom stereocenters. The summed E-state index contributed by atoms with van der Waals surface area (Å²) in [4.78, 5) is 25.1. The highest BCUT2D eigenvalue weighted by atomic mass is 32.2. The van der Waals surface area contributed by atoms with Crippen LogP contribution in [0.2, 0.25) is 0 Å². The molecule has 0 aliphatic heterocycles. The fourth-order valence-corrected chi connectivity index (χ4v) is 8.23. The van der Waals surface area contributed by atoms with Gasteiger partial charge in [-0.05, 0) is 91.8 Å². The summed E-state index contributed by atoms with van der Waals surface area (Å²) < 4.78 is 0. The van der Waals surface area contributed by atoms with Crippen LogP contribution in [0.25, 0.3) is 0 Å². The van der Waals surface area contributed by atoms with Gasteiger partial charge in [-0.2, -0.15) is 11.8 Å². The van der Waals surface area contributed by atoms with Gasteiger partial charge in [0.1, 0.15) is 5.78 Å². The Hall–Kier alpha value is -0.830. The van der Waals surface area contributed by atoms with E-state index in [1.54, 1.807) is 6.08 Å². The third-order valence-electron chi connectivity index (χ3n) is 9.02. The molecule has 0 aromatic heterocycles. The van der Waals surface area contributed by atoms with E-state index >= 15 is 0 Å². The van der Waals surface area contributed by atoms with Crippen molar-refractivity contribution in [2.75, 3.05) is 12.0 Å². The molecule has 3 saturated carbocycles. The summed E-state index contributed by atoms with van der Waals surface area (Å²) >= 11 is 1.85. The number of ketones is 2. The molecule has 0 aromatic carbocycles. The van der Waals surface area contributed by atoms with Gasteiger partial charge in [0, 0.05) is 17.8 Å². The third kappa shape index (κ3) is 3.07. The molecule has 0 aromatic rings. The van der Waals surface area contributed by atoms with Gasteiger partial charge in [-0.1, -0.05) is 32.4 Å². The second-order valence-electron chi connectivity index (χ2n) is 10.4. The molecule has 0 spiro atoms. The van der Waals surface area contributed by atoms with Crippen molar-refractivity contribution in [1.29, 1.82) is 0 Å². The van der Waals surface area contributed by atoms with Crippen LogP contribution in [0.15, 0.2) is 23.8 Å². The van der Waals surface area contributed by atoms with E-state index in [0.29, 0.717) is 29.5 Å². The zero-order chi connectivity index (χ0) is 20.1. The first-order valence-corrected chi connectivity index (χ1v) is 12.7. The van der Waals surface area contributed by atoms with E-state index in [-0.39, 0.29) is 22.5 Å². The minimum atomic E-state index is 0.0574. The number of thioether (sulfide) groups is 1. The molecule has 0 radical (unpaired) electrons. The minimum Gasteiger partial charge on any atom is -0.299 e. The molecule has 0 saturated heterocycles. The summed E-state index contributed by atoms with van der Waals surface area (Å²) in [5.74, 6) is 4.57. The predicted molar refractivity (Wildman–Crippen MR) is 117 cm³/mol. The Balaban J connectivity index is 1.58. The van der Waals surface area contributed by atoms with Crippen LogP contribution in [0, 0.1) is 40.4 Å². The molecule has 0 heterocycles. The Morgan fingerprint density at radius 1 is 1.25 bits per heavy atom. The van der Waals surface area contributed by atoms with Gasteiger partial charge in [0.05, 0.1) is 0 Å². The molecule has 7 atom stereocenters. The van der Waals surface area contributed by atoms with Crippen LogP contribution in [0.1, 0.15) is 65.7 Å². The van der Waals surface area contributed by atoms with Crippen LogP contribution >= 0.6 is 11.8 Å². The Labute approximate surface area is 175 Å². The number of allylic oxidation sites excluding steroid dienone is 4. The van der Waals surface area contributed by atoms with Gasteiger partial charge in [0.25, 0.3) is 0 Å². The maximum atomic E-state index is 13.2. The summed E-state index contributed by atoms with van der Waals surface area (Å²) in [6.45, 7) is 7.15. The summed E-state index contributed by atoms with van der Waals surface area (Å²) in [7, 11) is 0. The Morgan fingerprint density at radius 2 is 2.04 bits per heavy atom. The van der Waals surface area contributed by atoms with Crippen molar-refractivity contribution in [3.8, 4) is 0 Å². The highest BCUT2D eigenvalue weighted by molar-refractivity contribution is 7.98. The molecular formula is C25H36O2S. The third-order valence-corrected chi connectivity index (χ3v) is 9.71. The van der Waals surface area contributed by atoms with Gasteiger partial charge in [0.15, 0.2) is 5.78 Å². The largest absolute Gasteiger partial charge is 0.299 e. The van der Waals surface area contributed by atoms with E-state index in [1.807, 2.05) is 17.8 Å². The molecule has 3 heteroatoms. The lowest BCUT2D eigenvalue weighted by atomic mass is 9.47. The summed E-state index contributed by atoms with van der Waals surface area (Å²) in [5, 5.41) is 0. The molecule has 3 fully saturated rings. The van der Waals surface area contributed by atoms with Crippen molar-refractivity contribution in [2.24, 2.45) is 40.4 Å². The Morgan fingerprint density at radius 3 is 2.79 bits per heavy atom. The zero-order valence-electron chi connectivity index (χ0n) is 18.0. The molecule has 28 heavy (non-hydrogen) atoms. The van der Waals surface area contributed by atoms with Crippen LogP contribution < -0.4 is 0 Å². The molecule has 2 nitrogen and oxygen atoms in total. The second-order valence-corrected chi connectivity index (χ2v) is 11.4. The molecule has 0 amide bonds. The van der Waals surface area contributed by atoms with Gasteiger partial charge >= 0.3 is 0 Å². The van der Waals surface area contributed by atoms with Crippen LogP contribution in [0.3, 0.4) is 0 Å². The van der Waals surface area contributed by atoms with Gasteiger partial charge in [-0.3, -0.25) is 9.59 Å². The number of carbonyl (C=O) groups is 2. The predicted octanol–water partition coefficient (Wildman–Crippen LogP) is 5.87. The van der Waals surface area contributed by atoms with E-state index in [4.69, 9.17) is 0 Å². The highest BCUT2D eigenvalue weighted by Crippen LogP contribution is 2.67. The van der Waals surface area contributed by atoms with Crippen molar-refractivity contribution in [3.05, 3.63) is 23.8 Å². The lowest BCUT2D eigenvalue weighted by Crippen LogP contribution is -2.50. The van der Waals surface area contributed by atoms with E-state index in [2.05, 4.69) is 33.1 Å². The Kier molecular flexibility index (Phi) is 5.44. The number of carbonyl (C=O) groups excluding carboxylic acids is 2. The summed E-state index contributed by atoms with van der Waals surface area (Å²) in [5.41, 5.74) is 1.60. The SMILES string of the molecule is CSCCCC(=O)[C@H]1[C@H](C)CC2C3CCC4=CC(=O)C=C[C@]4(C)C3CC[C@@]21C. The van der Waals surface area contributed by atoms with Crippen molar-refractivity contribution in [2.45, 2.75) is 65.7 Å². The highest BCUT2D eigenvalue weighted by Gasteiger charge is 2.61. The smallest absolute Gasteiger partial charge is 0.178 e. The number of rotatable bonds is 5. The first-order valence-electron chi connectivity index (χ1n) is 11.3. The molecule has 154 valence electrons. The second kappa shape index (κ2) is 7.45. The molecule has 4 rings (SSSR count). The minimum absolute atomic E-state index is 0.0574. The Bertz CT molecular complexity index is 722. The van der Waals surface area contributed by atoms with Crippen molar-refractivity contribution in [3.63, 3.8) is 0 Å². The van der Waals surface area contributed by atoms with Gasteiger partial charge < -0.3 is 0 Å². The maximum absolute atomic E-state index is 13.2. The van der Waals surface area contributed by atoms with Crippen LogP contribution in [0.5, 0.6) is 0 Å². The number of hydrogen-bond acceptors (Lipinski definition) is 3. The lowest BCUT2D eigenvalue weighted by Gasteiger charge is -2.57. The van der Waals surface area contributed by atoms with Gasteiger partial charge in [-0.15, -0.1) is 0 Å². The normalized spacial score (nSPS) is 44.5. The quantitative estimate of drug-likeness (QED) is 0.541. The summed E-state index contributed by atoms with van der Waals surface area (Å²) in [6.07, 6.45) is 15.7.